The van der Waals surface area contributed by atoms with Gasteiger partial charge in [0.2, 0.25) is 0 Å². The van der Waals surface area contributed by atoms with Crippen LogP contribution in [-0.2, 0) is 0 Å². The molecule has 2 nitrogen and oxygen atoms in total. The van der Waals surface area contributed by atoms with Gasteiger partial charge < -0.3 is 0 Å². The normalized spacial score (nSPS) is 22.4. The summed E-state index contributed by atoms with van der Waals surface area (Å²) in [5.41, 5.74) is 2.91. The second kappa shape index (κ2) is 5.13. The summed E-state index contributed by atoms with van der Waals surface area (Å²) in [6, 6.07) is 10.3. The molecule has 1 atom stereocenters. The molecular weight excluding hydrogens is 220 g/mol. The summed E-state index contributed by atoms with van der Waals surface area (Å²) in [6.45, 7) is 7.00. The molecule has 1 aromatic rings. The Labute approximate surface area is 111 Å². The van der Waals surface area contributed by atoms with Gasteiger partial charge in [-0.2, -0.15) is 5.10 Å². The number of hydrogen-bond donors (Lipinski definition) is 0. The maximum absolute atomic E-state index is 4.76. The molecule has 0 amide bonds. The van der Waals surface area contributed by atoms with Crippen molar-refractivity contribution in [1.82, 2.24) is 0 Å². The number of nitrogens with zero attached hydrogens (tertiary/aromatic N) is 2. The molecular formula is C16H24N2. The van der Waals surface area contributed by atoms with Crippen LogP contribution in [0.5, 0.6) is 0 Å². The smallest absolute Gasteiger partial charge is 0.0590 e. The Morgan fingerprint density at radius 2 is 1.83 bits per heavy atom. The van der Waals surface area contributed by atoms with Crippen molar-refractivity contribution in [3.8, 4) is 0 Å². The van der Waals surface area contributed by atoms with Gasteiger partial charge in [0.1, 0.15) is 0 Å². The van der Waals surface area contributed by atoms with E-state index in [2.05, 4.69) is 45.0 Å². The molecule has 0 saturated heterocycles. The quantitative estimate of drug-likeness (QED) is 0.707. The molecule has 1 unspecified atom stereocenters. The molecule has 1 saturated carbocycles. The van der Waals surface area contributed by atoms with Crippen molar-refractivity contribution in [2.45, 2.75) is 40.0 Å². The van der Waals surface area contributed by atoms with Gasteiger partial charge in [-0.05, 0) is 42.7 Å². The van der Waals surface area contributed by atoms with Gasteiger partial charge in [0, 0.05) is 12.8 Å². The summed E-state index contributed by atoms with van der Waals surface area (Å²) in [6.07, 6.45) is 3.59. The molecule has 1 aliphatic rings. The van der Waals surface area contributed by atoms with E-state index in [1.165, 1.54) is 12.1 Å². The number of rotatable bonds is 2. The van der Waals surface area contributed by atoms with E-state index >= 15 is 0 Å². The van der Waals surface area contributed by atoms with Crippen LogP contribution in [0.3, 0.4) is 0 Å². The van der Waals surface area contributed by atoms with Gasteiger partial charge in [-0.3, -0.25) is 5.01 Å². The molecule has 98 valence electrons. The molecule has 18 heavy (non-hydrogen) atoms. The van der Waals surface area contributed by atoms with Crippen molar-refractivity contribution in [3.63, 3.8) is 0 Å². The van der Waals surface area contributed by atoms with Crippen molar-refractivity contribution in [1.29, 1.82) is 0 Å². The lowest BCUT2D eigenvalue weighted by molar-refractivity contribution is 0.251. The van der Waals surface area contributed by atoms with Gasteiger partial charge in [-0.15, -0.1) is 0 Å². The monoisotopic (exact) mass is 244 g/mol. The first-order valence-corrected chi connectivity index (χ1v) is 6.82. The molecule has 2 rings (SSSR count). The molecule has 0 aliphatic heterocycles. The van der Waals surface area contributed by atoms with Gasteiger partial charge in [0.25, 0.3) is 0 Å². The Hall–Kier alpha value is -1.31. The fourth-order valence-corrected chi connectivity index (χ4v) is 2.57. The third-order valence-electron chi connectivity index (χ3n) is 3.91. The number of hydrogen-bond acceptors (Lipinski definition) is 2. The van der Waals surface area contributed by atoms with Gasteiger partial charge >= 0.3 is 0 Å². The molecule has 0 N–H and O–H groups in total. The van der Waals surface area contributed by atoms with E-state index in [4.69, 9.17) is 5.10 Å². The topological polar surface area (TPSA) is 15.6 Å². The van der Waals surface area contributed by atoms with Gasteiger partial charge in [-0.25, -0.2) is 0 Å². The average Bonchev–Trinajstić information content (AvgIpc) is 2.78. The number of hydrazone groups is 1. The van der Waals surface area contributed by atoms with Crippen LogP contribution in [0.4, 0.5) is 5.69 Å². The molecule has 0 bridgehead atoms. The Morgan fingerprint density at radius 3 is 2.39 bits per heavy atom. The minimum Gasteiger partial charge on any atom is -0.269 e. The van der Waals surface area contributed by atoms with Crippen molar-refractivity contribution in [3.05, 3.63) is 30.3 Å². The second-order valence-electron chi connectivity index (χ2n) is 6.33. The first kappa shape index (κ1) is 13.1. The van der Waals surface area contributed by atoms with Crippen molar-refractivity contribution in [2.75, 3.05) is 12.1 Å². The molecule has 1 aliphatic carbocycles. The third kappa shape index (κ3) is 3.12. The number of anilines is 1. The average molecular weight is 244 g/mol. The van der Waals surface area contributed by atoms with Gasteiger partial charge in [0.15, 0.2) is 0 Å². The predicted molar refractivity (Wildman–Crippen MR) is 79.1 cm³/mol. The summed E-state index contributed by atoms with van der Waals surface area (Å²) in [5.74, 6) is 0.778. The highest BCUT2D eigenvalue weighted by atomic mass is 15.4. The fraction of sp³-hybridized carbons (Fsp3) is 0.562. The van der Waals surface area contributed by atoms with Crippen molar-refractivity contribution < 1.29 is 0 Å². The largest absolute Gasteiger partial charge is 0.269 e. The van der Waals surface area contributed by atoms with E-state index < -0.39 is 0 Å². The highest BCUT2D eigenvalue weighted by Crippen LogP contribution is 2.38. The maximum atomic E-state index is 4.76. The first-order chi connectivity index (χ1) is 8.47. The summed E-state index contributed by atoms with van der Waals surface area (Å²) in [5, 5.41) is 6.76. The SMILES string of the molecule is CN(/N=C1/CCC(C(C)(C)C)C1)c1ccccc1. The minimum absolute atomic E-state index is 0.405. The van der Waals surface area contributed by atoms with E-state index in [0.29, 0.717) is 5.41 Å². The van der Waals surface area contributed by atoms with E-state index in [1.54, 1.807) is 0 Å². The van der Waals surface area contributed by atoms with Crippen LogP contribution in [-0.4, -0.2) is 12.8 Å². The number of benzene rings is 1. The zero-order valence-electron chi connectivity index (χ0n) is 12.0. The molecule has 0 spiro atoms. The van der Waals surface area contributed by atoms with Gasteiger partial charge in [0.05, 0.1) is 5.69 Å². The van der Waals surface area contributed by atoms with Crippen molar-refractivity contribution >= 4 is 11.4 Å². The zero-order valence-corrected chi connectivity index (χ0v) is 12.0. The molecule has 0 radical (unpaired) electrons. The zero-order chi connectivity index (χ0) is 13.2. The third-order valence-corrected chi connectivity index (χ3v) is 3.91. The Kier molecular flexibility index (Phi) is 3.74. The Bertz CT molecular complexity index is 414. The van der Waals surface area contributed by atoms with E-state index in [-0.39, 0.29) is 0 Å². The molecule has 2 heteroatoms. The Balaban J connectivity index is 2.03. The summed E-state index contributed by atoms with van der Waals surface area (Å²) in [4.78, 5) is 0. The number of para-hydroxylation sites is 1. The second-order valence-corrected chi connectivity index (χ2v) is 6.33. The van der Waals surface area contributed by atoms with Crippen LogP contribution in [0, 0.1) is 11.3 Å². The minimum atomic E-state index is 0.405. The van der Waals surface area contributed by atoms with Crippen LogP contribution in [0.2, 0.25) is 0 Å². The molecule has 1 aromatic carbocycles. The van der Waals surface area contributed by atoms with Crippen molar-refractivity contribution in [2.24, 2.45) is 16.4 Å². The maximum Gasteiger partial charge on any atom is 0.0590 e. The van der Waals surface area contributed by atoms with Crippen LogP contribution in [0.15, 0.2) is 35.4 Å². The molecule has 0 aromatic heterocycles. The first-order valence-electron chi connectivity index (χ1n) is 6.82. The van der Waals surface area contributed by atoms with Crippen LogP contribution < -0.4 is 5.01 Å². The highest BCUT2D eigenvalue weighted by Gasteiger charge is 2.30. The van der Waals surface area contributed by atoms with Crippen LogP contribution in [0.25, 0.3) is 0 Å². The lowest BCUT2D eigenvalue weighted by Crippen LogP contribution is -2.18. The molecule has 1 fully saturated rings. The Morgan fingerprint density at radius 1 is 1.17 bits per heavy atom. The standard InChI is InChI=1S/C16H24N2/c1-16(2,3)13-10-11-14(12-13)17-18(4)15-8-6-5-7-9-15/h5-9,13H,10-12H2,1-4H3/b17-14-. The fourth-order valence-electron chi connectivity index (χ4n) is 2.57. The lowest BCUT2D eigenvalue weighted by atomic mass is 9.80. The van der Waals surface area contributed by atoms with E-state index in [0.717, 1.165) is 24.4 Å². The predicted octanol–water partition coefficient (Wildman–Crippen LogP) is 4.33. The lowest BCUT2D eigenvalue weighted by Gasteiger charge is -2.26. The van der Waals surface area contributed by atoms with Crippen LogP contribution in [0.1, 0.15) is 40.0 Å². The summed E-state index contributed by atoms with van der Waals surface area (Å²) >= 11 is 0. The molecule has 0 heterocycles. The van der Waals surface area contributed by atoms with Crippen LogP contribution >= 0.6 is 0 Å². The van der Waals surface area contributed by atoms with E-state index in [9.17, 15) is 0 Å². The summed E-state index contributed by atoms with van der Waals surface area (Å²) in [7, 11) is 2.03. The summed E-state index contributed by atoms with van der Waals surface area (Å²) < 4.78 is 0. The highest BCUT2D eigenvalue weighted by molar-refractivity contribution is 5.87. The van der Waals surface area contributed by atoms with Gasteiger partial charge in [-0.1, -0.05) is 39.0 Å². The van der Waals surface area contributed by atoms with E-state index in [1.807, 2.05) is 18.1 Å².